The Balaban J connectivity index is 2.21. The Morgan fingerprint density at radius 1 is 1.04 bits per heavy atom. The van der Waals surface area contributed by atoms with Crippen LogP contribution in [-0.2, 0) is 15.8 Å². The molecule has 0 atom stereocenters. The first-order valence-corrected chi connectivity index (χ1v) is 7.91. The van der Waals surface area contributed by atoms with E-state index >= 15 is 0 Å². The van der Waals surface area contributed by atoms with Gasteiger partial charge in [-0.2, -0.15) is 13.2 Å². The van der Waals surface area contributed by atoms with Crippen LogP contribution in [0.1, 0.15) is 23.6 Å². The average molecular weight is 364 g/mol. The molecule has 2 aromatic carbocycles. The molecule has 0 heterocycles. The molecule has 0 aromatic heterocycles. The standard InChI is InChI=1S/C19H19F3N2O2/c1-12-6-4-7-13(2)18(12)24(14(3)25)11-17(26)23-16-9-5-8-15(10-16)19(20,21)22/h4-10H,11H2,1-3H3,(H,23,26). The van der Waals surface area contributed by atoms with Crippen LogP contribution in [0.2, 0.25) is 0 Å². The fourth-order valence-electron chi connectivity index (χ4n) is 2.70. The zero-order valence-electron chi connectivity index (χ0n) is 14.6. The number of anilines is 2. The zero-order valence-corrected chi connectivity index (χ0v) is 14.6. The number of amides is 2. The Morgan fingerprint density at radius 2 is 1.62 bits per heavy atom. The Kier molecular flexibility index (Phi) is 5.69. The van der Waals surface area contributed by atoms with Crippen molar-refractivity contribution in [2.45, 2.75) is 26.9 Å². The van der Waals surface area contributed by atoms with Gasteiger partial charge in [-0.15, -0.1) is 0 Å². The van der Waals surface area contributed by atoms with Crippen molar-refractivity contribution in [2.24, 2.45) is 0 Å². The van der Waals surface area contributed by atoms with E-state index in [-0.39, 0.29) is 18.1 Å². The van der Waals surface area contributed by atoms with Gasteiger partial charge in [-0.1, -0.05) is 24.3 Å². The van der Waals surface area contributed by atoms with Gasteiger partial charge in [0.1, 0.15) is 6.54 Å². The van der Waals surface area contributed by atoms with Gasteiger partial charge in [0.2, 0.25) is 11.8 Å². The Bertz CT molecular complexity index is 812. The van der Waals surface area contributed by atoms with Crippen molar-refractivity contribution in [1.82, 2.24) is 0 Å². The lowest BCUT2D eigenvalue weighted by Gasteiger charge is -2.24. The lowest BCUT2D eigenvalue weighted by Crippen LogP contribution is -2.37. The second-order valence-electron chi connectivity index (χ2n) is 5.97. The molecule has 0 radical (unpaired) electrons. The first-order valence-electron chi connectivity index (χ1n) is 7.91. The monoisotopic (exact) mass is 364 g/mol. The Morgan fingerprint density at radius 3 is 2.15 bits per heavy atom. The fourth-order valence-corrected chi connectivity index (χ4v) is 2.70. The second kappa shape index (κ2) is 7.59. The van der Waals surface area contributed by atoms with Crippen LogP contribution in [0, 0.1) is 13.8 Å². The van der Waals surface area contributed by atoms with Gasteiger partial charge in [0.25, 0.3) is 0 Å². The van der Waals surface area contributed by atoms with Crippen LogP contribution in [0.5, 0.6) is 0 Å². The van der Waals surface area contributed by atoms with E-state index in [4.69, 9.17) is 0 Å². The molecule has 0 unspecified atom stereocenters. The van der Waals surface area contributed by atoms with Crippen molar-refractivity contribution in [3.8, 4) is 0 Å². The Labute approximate surface area is 149 Å². The minimum Gasteiger partial charge on any atom is -0.325 e. The van der Waals surface area contributed by atoms with Crippen LogP contribution >= 0.6 is 0 Å². The van der Waals surface area contributed by atoms with Gasteiger partial charge in [-0.05, 0) is 43.2 Å². The van der Waals surface area contributed by atoms with E-state index in [0.717, 1.165) is 23.3 Å². The van der Waals surface area contributed by atoms with Crippen molar-refractivity contribution in [2.75, 3.05) is 16.8 Å². The highest BCUT2D eigenvalue weighted by Gasteiger charge is 2.30. The normalized spacial score (nSPS) is 11.2. The maximum Gasteiger partial charge on any atom is 0.416 e. The molecule has 0 fully saturated rings. The van der Waals surface area contributed by atoms with Crippen molar-refractivity contribution in [1.29, 1.82) is 0 Å². The topological polar surface area (TPSA) is 49.4 Å². The number of carbonyl (C=O) groups is 2. The number of nitrogens with one attached hydrogen (secondary N) is 1. The summed E-state index contributed by atoms with van der Waals surface area (Å²) in [6.45, 7) is 4.69. The molecule has 138 valence electrons. The molecule has 4 nitrogen and oxygen atoms in total. The fraction of sp³-hybridized carbons (Fsp3) is 0.263. The number of hydrogen-bond acceptors (Lipinski definition) is 2. The highest BCUT2D eigenvalue weighted by molar-refractivity contribution is 6.02. The summed E-state index contributed by atoms with van der Waals surface area (Å²) in [5.41, 5.74) is 1.45. The molecule has 1 N–H and O–H groups in total. The zero-order chi connectivity index (χ0) is 19.5. The molecule has 0 aliphatic carbocycles. The van der Waals surface area contributed by atoms with Crippen molar-refractivity contribution in [3.05, 3.63) is 59.2 Å². The largest absolute Gasteiger partial charge is 0.416 e. The van der Waals surface area contributed by atoms with Gasteiger partial charge in [0.15, 0.2) is 0 Å². The summed E-state index contributed by atoms with van der Waals surface area (Å²) in [6, 6.07) is 9.85. The molecule has 0 aliphatic heterocycles. The van der Waals surface area contributed by atoms with Crippen LogP contribution in [0.3, 0.4) is 0 Å². The third-order valence-electron chi connectivity index (χ3n) is 3.86. The molecule has 26 heavy (non-hydrogen) atoms. The molecule has 0 saturated heterocycles. The third-order valence-corrected chi connectivity index (χ3v) is 3.86. The van der Waals surface area contributed by atoms with E-state index < -0.39 is 17.6 Å². The minimum absolute atomic E-state index is 0.0230. The number of nitrogens with zero attached hydrogens (tertiary/aromatic N) is 1. The summed E-state index contributed by atoms with van der Waals surface area (Å²) < 4.78 is 38.3. The Hall–Kier alpha value is -2.83. The third kappa shape index (κ3) is 4.62. The number of carbonyl (C=O) groups excluding carboxylic acids is 2. The van der Waals surface area contributed by atoms with E-state index in [2.05, 4.69) is 5.32 Å². The summed E-state index contributed by atoms with van der Waals surface area (Å²) in [7, 11) is 0. The quantitative estimate of drug-likeness (QED) is 0.879. The number of rotatable bonds is 4. The van der Waals surface area contributed by atoms with Crippen molar-refractivity contribution >= 4 is 23.2 Å². The van der Waals surface area contributed by atoms with Gasteiger partial charge >= 0.3 is 6.18 Å². The predicted molar refractivity (Wildman–Crippen MR) is 94.0 cm³/mol. The lowest BCUT2D eigenvalue weighted by molar-refractivity contribution is -0.137. The molecule has 7 heteroatoms. The van der Waals surface area contributed by atoms with Crippen molar-refractivity contribution in [3.63, 3.8) is 0 Å². The van der Waals surface area contributed by atoms with Gasteiger partial charge in [0, 0.05) is 12.6 Å². The molecule has 2 amide bonds. The van der Waals surface area contributed by atoms with Crippen molar-refractivity contribution < 1.29 is 22.8 Å². The summed E-state index contributed by atoms with van der Waals surface area (Å²) >= 11 is 0. The first kappa shape index (κ1) is 19.5. The molecule has 0 saturated carbocycles. The first-order chi connectivity index (χ1) is 12.1. The van der Waals surface area contributed by atoms with E-state index in [1.807, 2.05) is 32.0 Å². The molecule has 0 aliphatic rings. The maximum atomic E-state index is 12.8. The van der Waals surface area contributed by atoms with E-state index in [1.165, 1.54) is 24.0 Å². The number of para-hydroxylation sites is 1. The summed E-state index contributed by atoms with van der Waals surface area (Å²) in [5.74, 6) is -0.913. The van der Waals surface area contributed by atoms with Crippen LogP contribution in [0.25, 0.3) is 0 Å². The lowest BCUT2D eigenvalue weighted by atomic mass is 10.1. The van der Waals surface area contributed by atoms with Crippen LogP contribution in [0.15, 0.2) is 42.5 Å². The smallest absolute Gasteiger partial charge is 0.325 e. The van der Waals surface area contributed by atoms with Crippen LogP contribution in [-0.4, -0.2) is 18.4 Å². The SMILES string of the molecule is CC(=O)N(CC(=O)Nc1cccc(C(F)(F)F)c1)c1c(C)cccc1C. The number of alkyl halides is 3. The number of hydrogen-bond donors (Lipinski definition) is 1. The minimum atomic E-state index is -4.50. The van der Waals surface area contributed by atoms with E-state index in [1.54, 1.807) is 0 Å². The summed E-state index contributed by atoms with van der Waals surface area (Å²) in [6.07, 6.45) is -4.50. The van der Waals surface area contributed by atoms with Gasteiger partial charge < -0.3 is 10.2 Å². The van der Waals surface area contributed by atoms with Crippen LogP contribution in [0.4, 0.5) is 24.5 Å². The van der Waals surface area contributed by atoms with E-state index in [9.17, 15) is 22.8 Å². The van der Waals surface area contributed by atoms with Gasteiger partial charge in [-0.25, -0.2) is 0 Å². The molecule has 2 rings (SSSR count). The second-order valence-corrected chi connectivity index (χ2v) is 5.97. The number of benzene rings is 2. The number of halogens is 3. The predicted octanol–water partition coefficient (Wildman–Crippen LogP) is 4.31. The summed E-state index contributed by atoms with van der Waals surface area (Å²) in [4.78, 5) is 25.6. The molecule has 0 spiro atoms. The van der Waals surface area contributed by atoms with E-state index in [0.29, 0.717) is 5.69 Å². The average Bonchev–Trinajstić information content (AvgIpc) is 2.53. The molecule has 2 aromatic rings. The van der Waals surface area contributed by atoms with Gasteiger partial charge in [0.05, 0.1) is 11.3 Å². The maximum absolute atomic E-state index is 12.8. The summed E-state index contributed by atoms with van der Waals surface area (Å²) in [5, 5.41) is 2.42. The highest BCUT2D eigenvalue weighted by atomic mass is 19.4. The molecular formula is C19H19F3N2O2. The molecular weight excluding hydrogens is 345 g/mol. The molecule has 0 bridgehead atoms. The van der Waals surface area contributed by atoms with Crippen LogP contribution < -0.4 is 10.2 Å². The number of aryl methyl sites for hydroxylation is 2. The van der Waals surface area contributed by atoms with Gasteiger partial charge in [-0.3, -0.25) is 9.59 Å². The highest BCUT2D eigenvalue weighted by Crippen LogP contribution is 2.30.